The first-order chi connectivity index (χ1) is 9.04. The van der Waals surface area contributed by atoms with Gasteiger partial charge in [-0.3, -0.25) is 14.9 Å². The summed E-state index contributed by atoms with van der Waals surface area (Å²) in [5, 5.41) is 22.6. The summed E-state index contributed by atoms with van der Waals surface area (Å²) < 4.78 is 0. The SMILES string of the molecule is NCCCCCC(=O)Nc1ccc([N+](=O)[O-])cc1O. The summed E-state index contributed by atoms with van der Waals surface area (Å²) in [6.07, 6.45) is 2.79. The molecule has 0 radical (unpaired) electrons. The maximum atomic E-state index is 11.6. The largest absolute Gasteiger partial charge is 0.506 e. The molecule has 1 aromatic carbocycles. The van der Waals surface area contributed by atoms with Crippen LogP contribution in [0.4, 0.5) is 11.4 Å². The molecule has 1 aromatic rings. The molecule has 0 bridgehead atoms. The van der Waals surface area contributed by atoms with E-state index in [2.05, 4.69) is 5.32 Å². The van der Waals surface area contributed by atoms with Gasteiger partial charge in [-0.25, -0.2) is 0 Å². The van der Waals surface area contributed by atoms with Crippen molar-refractivity contribution in [2.75, 3.05) is 11.9 Å². The number of nitro benzene ring substituents is 1. The fraction of sp³-hybridized carbons (Fsp3) is 0.417. The number of nitrogens with two attached hydrogens (primary N) is 1. The third-order valence-corrected chi connectivity index (χ3v) is 2.57. The van der Waals surface area contributed by atoms with Gasteiger partial charge in [-0.2, -0.15) is 0 Å². The zero-order valence-electron chi connectivity index (χ0n) is 10.5. The van der Waals surface area contributed by atoms with Gasteiger partial charge in [0.1, 0.15) is 5.75 Å². The molecule has 0 atom stereocenters. The maximum absolute atomic E-state index is 11.6. The molecule has 1 rings (SSSR count). The standard InChI is InChI=1S/C12H17N3O4/c13-7-3-1-2-4-12(17)14-10-6-5-9(15(18)19)8-11(10)16/h5-6,8,16H,1-4,7,13H2,(H,14,17). The zero-order chi connectivity index (χ0) is 14.3. The van der Waals surface area contributed by atoms with Crippen molar-refractivity contribution < 1.29 is 14.8 Å². The summed E-state index contributed by atoms with van der Waals surface area (Å²) in [6.45, 7) is 0.602. The van der Waals surface area contributed by atoms with Crippen molar-refractivity contribution in [2.45, 2.75) is 25.7 Å². The highest BCUT2D eigenvalue weighted by Crippen LogP contribution is 2.27. The minimum atomic E-state index is -0.613. The Hall–Kier alpha value is -2.15. The molecule has 0 saturated carbocycles. The van der Waals surface area contributed by atoms with E-state index >= 15 is 0 Å². The molecule has 0 spiro atoms. The van der Waals surface area contributed by atoms with Gasteiger partial charge in [0.25, 0.3) is 5.69 Å². The fourth-order valence-corrected chi connectivity index (χ4v) is 1.56. The second-order valence-corrected chi connectivity index (χ2v) is 4.11. The molecule has 0 aromatic heterocycles. The summed E-state index contributed by atoms with van der Waals surface area (Å²) in [4.78, 5) is 21.4. The number of nitro groups is 1. The van der Waals surface area contributed by atoms with Gasteiger partial charge >= 0.3 is 0 Å². The number of rotatable bonds is 7. The topological polar surface area (TPSA) is 118 Å². The van der Waals surface area contributed by atoms with Crippen molar-refractivity contribution in [3.8, 4) is 5.75 Å². The molecule has 0 saturated heterocycles. The Bertz CT molecular complexity index is 462. The molecule has 0 aliphatic carbocycles. The molecule has 0 fully saturated rings. The second-order valence-electron chi connectivity index (χ2n) is 4.11. The smallest absolute Gasteiger partial charge is 0.273 e. The molecule has 4 N–H and O–H groups in total. The quantitative estimate of drug-likeness (QED) is 0.301. The van der Waals surface area contributed by atoms with Crippen molar-refractivity contribution in [3.05, 3.63) is 28.3 Å². The van der Waals surface area contributed by atoms with Gasteiger partial charge in [-0.1, -0.05) is 6.42 Å². The van der Waals surface area contributed by atoms with Crippen LogP contribution in [0.1, 0.15) is 25.7 Å². The number of non-ortho nitro benzene ring substituents is 1. The number of carbonyl (C=O) groups is 1. The van der Waals surface area contributed by atoms with Crippen LogP contribution in [0.5, 0.6) is 5.75 Å². The number of anilines is 1. The minimum absolute atomic E-state index is 0.175. The van der Waals surface area contributed by atoms with Gasteiger partial charge in [0.2, 0.25) is 5.91 Å². The van der Waals surface area contributed by atoms with Gasteiger partial charge in [0.05, 0.1) is 16.7 Å². The number of aromatic hydroxyl groups is 1. The number of unbranched alkanes of at least 4 members (excludes halogenated alkanes) is 2. The second kappa shape index (κ2) is 7.32. The van der Waals surface area contributed by atoms with Crippen LogP contribution in [0.15, 0.2) is 18.2 Å². The monoisotopic (exact) mass is 267 g/mol. The molecule has 1 amide bonds. The van der Waals surface area contributed by atoms with Gasteiger partial charge in [0, 0.05) is 12.5 Å². The lowest BCUT2D eigenvalue weighted by atomic mass is 10.2. The molecule has 0 heterocycles. The minimum Gasteiger partial charge on any atom is -0.506 e. The van der Waals surface area contributed by atoms with Crippen LogP contribution in [0.2, 0.25) is 0 Å². The number of phenols is 1. The van der Waals surface area contributed by atoms with Crippen LogP contribution >= 0.6 is 0 Å². The average Bonchev–Trinajstić information content (AvgIpc) is 2.37. The highest BCUT2D eigenvalue weighted by Gasteiger charge is 2.11. The summed E-state index contributed by atoms with van der Waals surface area (Å²) in [6, 6.07) is 3.54. The highest BCUT2D eigenvalue weighted by atomic mass is 16.6. The Labute approximate surface area is 110 Å². The lowest BCUT2D eigenvalue weighted by Gasteiger charge is -2.06. The zero-order valence-corrected chi connectivity index (χ0v) is 10.5. The van der Waals surface area contributed by atoms with Crippen molar-refractivity contribution in [2.24, 2.45) is 5.73 Å². The molecule has 0 aliphatic rings. The Balaban J connectivity index is 2.52. The van der Waals surface area contributed by atoms with E-state index in [1.165, 1.54) is 12.1 Å². The number of amides is 1. The van der Waals surface area contributed by atoms with Crippen molar-refractivity contribution in [3.63, 3.8) is 0 Å². The third kappa shape index (κ3) is 4.92. The predicted octanol–water partition coefficient (Wildman–Crippen LogP) is 1.76. The van der Waals surface area contributed by atoms with Crippen LogP contribution in [-0.2, 0) is 4.79 Å². The average molecular weight is 267 g/mol. The molecule has 19 heavy (non-hydrogen) atoms. The highest BCUT2D eigenvalue weighted by molar-refractivity contribution is 5.92. The first kappa shape index (κ1) is 14.9. The number of nitrogens with zero attached hydrogens (tertiary/aromatic N) is 1. The van der Waals surface area contributed by atoms with Crippen LogP contribution in [0.25, 0.3) is 0 Å². The van der Waals surface area contributed by atoms with E-state index in [0.717, 1.165) is 25.3 Å². The molecule has 104 valence electrons. The Morgan fingerprint density at radius 3 is 2.68 bits per heavy atom. The van der Waals surface area contributed by atoms with Crippen molar-refractivity contribution in [1.29, 1.82) is 0 Å². The van der Waals surface area contributed by atoms with Crippen LogP contribution in [0, 0.1) is 10.1 Å². The lowest BCUT2D eigenvalue weighted by molar-refractivity contribution is -0.384. The van der Waals surface area contributed by atoms with E-state index in [-0.39, 0.29) is 23.0 Å². The van der Waals surface area contributed by atoms with Gasteiger partial charge in [-0.05, 0) is 25.5 Å². The molecular weight excluding hydrogens is 250 g/mol. The Kier molecular flexibility index (Phi) is 5.74. The Morgan fingerprint density at radius 1 is 1.37 bits per heavy atom. The number of hydrogen-bond donors (Lipinski definition) is 3. The number of benzene rings is 1. The normalized spacial score (nSPS) is 10.2. The number of phenolic OH excluding ortho intramolecular Hbond substituents is 1. The molecular formula is C12H17N3O4. The van der Waals surface area contributed by atoms with E-state index in [9.17, 15) is 20.0 Å². The van der Waals surface area contributed by atoms with E-state index in [4.69, 9.17) is 5.73 Å². The predicted molar refractivity (Wildman–Crippen MR) is 70.9 cm³/mol. The van der Waals surface area contributed by atoms with E-state index in [0.29, 0.717) is 13.0 Å². The number of nitrogens with one attached hydrogen (secondary N) is 1. The molecule has 7 nitrogen and oxygen atoms in total. The first-order valence-electron chi connectivity index (χ1n) is 6.02. The summed E-state index contributed by atoms with van der Waals surface area (Å²) in [5.74, 6) is -0.550. The lowest BCUT2D eigenvalue weighted by Crippen LogP contribution is -2.11. The third-order valence-electron chi connectivity index (χ3n) is 2.57. The van der Waals surface area contributed by atoms with Crippen LogP contribution in [-0.4, -0.2) is 22.5 Å². The van der Waals surface area contributed by atoms with Crippen molar-refractivity contribution >= 4 is 17.3 Å². The summed E-state index contributed by atoms with van der Waals surface area (Å²) in [5.41, 5.74) is 5.29. The molecule has 7 heteroatoms. The summed E-state index contributed by atoms with van der Waals surface area (Å²) in [7, 11) is 0. The van der Waals surface area contributed by atoms with Crippen LogP contribution in [0.3, 0.4) is 0 Å². The van der Waals surface area contributed by atoms with E-state index < -0.39 is 4.92 Å². The van der Waals surface area contributed by atoms with Crippen molar-refractivity contribution in [1.82, 2.24) is 0 Å². The first-order valence-corrected chi connectivity index (χ1v) is 6.02. The number of carbonyl (C=O) groups excluding carboxylic acids is 1. The van der Waals surface area contributed by atoms with Crippen LogP contribution < -0.4 is 11.1 Å². The van der Waals surface area contributed by atoms with E-state index in [1.54, 1.807) is 0 Å². The molecule has 0 unspecified atom stereocenters. The van der Waals surface area contributed by atoms with Gasteiger partial charge < -0.3 is 16.2 Å². The fourth-order valence-electron chi connectivity index (χ4n) is 1.56. The maximum Gasteiger partial charge on any atom is 0.273 e. The van der Waals surface area contributed by atoms with Gasteiger partial charge in [-0.15, -0.1) is 0 Å². The Morgan fingerprint density at radius 2 is 2.11 bits per heavy atom. The van der Waals surface area contributed by atoms with E-state index in [1.807, 2.05) is 0 Å². The number of hydrogen-bond acceptors (Lipinski definition) is 5. The summed E-state index contributed by atoms with van der Waals surface area (Å²) >= 11 is 0. The van der Waals surface area contributed by atoms with Gasteiger partial charge in [0.15, 0.2) is 0 Å². The molecule has 0 aliphatic heterocycles.